The summed E-state index contributed by atoms with van der Waals surface area (Å²) in [7, 11) is 0. The van der Waals surface area contributed by atoms with Gasteiger partial charge in [0.05, 0.1) is 0 Å². The van der Waals surface area contributed by atoms with Gasteiger partial charge in [-0.15, -0.1) is 0 Å². The van der Waals surface area contributed by atoms with Crippen molar-refractivity contribution in [2.75, 3.05) is 0 Å². The van der Waals surface area contributed by atoms with Crippen LogP contribution in [0.4, 0.5) is 0 Å². The number of fused-ring (bicyclic) bond motifs is 2. The predicted molar refractivity (Wildman–Crippen MR) is 66.0 cm³/mol. The zero-order chi connectivity index (χ0) is 10.5. The lowest BCUT2D eigenvalue weighted by Crippen LogP contribution is -2.53. The Morgan fingerprint density at radius 3 is 2.80 bits per heavy atom. The van der Waals surface area contributed by atoms with E-state index in [9.17, 15) is 0 Å². The van der Waals surface area contributed by atoms with Crippen molar-refractivity contribution in [3.8, 4) is 0 Å². The third-order valence-corrected chi connectivity index (χ3v) is 4.78. The lowest BCUT2D eigenvalue weighted by molar-refractivity contribution is 0.176. The number of benzene rings is 1. The lowest BCUT2D eigenvalue weighted by atomic mass is 9.56. The van der Waals surface area contributed by atoms with Crippen LogP contribution in [0.15, 0.2) is 22.7 Å². The Hall–Kier alpha value is -0.340. The average molecular weight is 266 g/mol. The van der Waals surface area contributed by atoms with Gasteiger partial charge in [-0.05, 0) is 48.9 Å². The van der Waals surface area contributed by atoms with E-state index in [4.69, 9.17) is 5.73 Å². The van der Waals surface area contributed by atoms with E-state index in [0.29, 0.717) is 11.5 Å². The van der Waals surface area contributed by atoms with E-state index < -0.39 is 0 Å². The number of halogens is 1. The molecule has 1 unspecified atom stereocenters. The van der Waals surface area contributed by atoms with E-state index in [1.54, 1.807) is 0 Å². The first kappa shape index (κ1) is 9.86. The van der Waals surface area contributed by atoms with Gasteiger partial charge >= 0.3 is 0 Å². The highest BCUT2D eigenvalue weighted by Crippen LogP contribution is 2.50. The third kappa shape index (κ3) is 1.31. The molecule has 0 radical (unpaired) electrons. The van der Waals surface area contributed by atoms with Crippen LogP contribution >= 0.6 is 15.9 Å². The average Bonchev–Trinajstić information content (AvgIpc) is 2.15. The highest BCUT2D eigenvalue weighted by molar-refractivity contribution is 9.10. The molecule has 0 aromatic heterocycles. The fraction of sp³-hybridized carbons (Fsp3) is 0.538. The number of rotatable bonds is 0. The van der Waals surface area contributed by atoms with Crippen molar-refractivity contribution in [1.82, 2.24) is 0 Å². The smallest absolute Gasteiger partial charge is 0.0178 e. The first-order chi connectivity index (χ1) is 7.22. The number of hydrogen-bond donors (Lipinski definition) is 1. The molecule has 0 bridgehead atoms. The van der Waals surface area contributed by atoms with Crippen molar-refractivity contribution in [3.63, 3.8) is 0 Å². The summed E-state index contributed by atoms with van der Waals surface area (Å²) in [5, 5.41) is 0. The fourth-order valence-electron chi connectivity index (χ4n) is 3.24. The second kappa shape index (κ2) is 3.33. The van der Waals surface area contributed by atoms with Gasteiger partial charge in [0.25, 0.3) is 0 Å². The largest absolute Gasteiger partial charge is 0.327 e. The monoisotopic (exact) mass is 265 g/mol. The molecule has 2 aliphatic rings. The van der Waals surface area contributed by atoms with Crippen molar-refractivity contribution in [2.24, 2.45) is 5.73 Å². The first-order valence-electron chi connectivity index (χ1n) is 5.77. The molecule has 1 aromatic carbocycles. The highest BCUT2D eigenvalue weighted by Gasteiger charge is 2.46. The summed E-state index contributed by atoms with van der Waals surface area (Å²) < 4.78 is 1.20. The molecule has 0 aliphatic heterocycles. The van der Waals surface area contributed by atoms with Crippen molar-refractivity contribution in [3.05, 3.63) is 33.8 Å². The summed E-state index contributed by atoms with van der Waals surface area (Å²) in [6.45, 7) is 0. The second-order valence-corrected chi connectivity index (χ2v) is 5.87. The molecule has 0 amide bonds. The van der Waals surface area contributed by atoms with Crippen LogP contribution < -0.4 is 5.73 Å². The fourth-order valence-corrected chi connectivity index (χ4v) is 3.65. The minimum atomic E-state index is 0.342. The molecule has 1 aromatic rings. The summed E-state index contributed by atoms with van der Waals surface area (Å²) in [4.78, 5) is 0. The van der Waals surface area contributed by atoms with E-state index in [1.165, 1.54) is 34.9 Å². The number of hydrogen-bond acceptors (Lipinski definition) is 1. The van der Waals surface area contributed by atoms with Crippen LogP contribution in [-0.2, 0) is 11.8 Å². The Bertz CT molecular complexity index is 396. The summed E-state index contributed by atoms with van der Waals surface area (Å²) >= 11 is 3.55. The molecule has 0 saturated heterocycles. The van der Waals surface area contributed by atoms with Gasteiger partial charge in [-0.2, -0.15) is 0 Å². The van der Waals surface area contributed by atoms with Crippen LogP contribution in [0.25, 0.3) is 0 Å². The first-order valence-corrected chi connectivity index (χ1v) is 6.56. The third-order valence-electron chi connectivity index (χ3n) is 4.28. The topological polar surface area (TPSA) is 26.0 Å². The molecular formula is C13H16BrN. The van der Waals surface area contributed by atoms with Gasteiger partial charge < -0.3 is 5.73 Å². The zero-order valence-corrected chi connectivity index (χ0v) is 10.4. The maximum Gasteiger partial charge on any atom is 0.0178 e. The molecule has 3 rings (SSSR count). The summed E-state index contributed by atoms with van der Waals surface area (Å²) in [6.07, 6.45) is 6.25. The molecular weight excluding hydrogens is 250 g/mol. The Labute approximate surface area is 99.2 Å². The SMILES string of the molecule is NC1CCc2cc(Br)ccc2C12CCC2. The molecule has 0 heterocycles. The predicted octanol–water partition coefficient (Wildman–Crippen LogP) is 3.14. The molecule has 15 heavy (non-hydrogen) atoms. The summed E-state index contributed by atoms with van der Waals surface area (Å²) in [5.74, 6) is 0. The Kier molecular flexibility index (Phi) is 2.18. The molecule has 1 spiro atoms. The van der Waals surface area contributed by atoms with Gasteiger partial charge in [0.15, 0.2) is 0 Å². The van der Waals surface area contributed by atoms with Gasteiger partial charge in [-0.25, -0.2) is 0 Å². The maximum atomic E-state index is 6.32. The minimum absolute atomic E-state index is 0.342. The number of nitrogens with two attached hydrogens (primary N) is 1. The van der Waals surface area contributed by atoms with Crippen molar-refractivity contribution >= 4 is 15.9 Å². The van der Waals surface area contributed by atoms with E-state index in [-0.39, 0.29) is 0 Å². The second-order valence-electron chi connectivity index (χ2n) is 4.96. The number of aryl methyl sites for hydroxylation is 1. The molecule has 1 saturated carbocycles. The van der Waals surface area contributed by atoms with E-state index in [2.05, 4.69) is 34.1 Å². The standard InChI is InChI=1S/C13H16BrN/c14-10-3-4-11-9(8-10)2-5-12(15)13(11)6-1-7-13/h3-4,8,12H,1-2,5-7,15H2. The quantitative estimate of drug-likeness (QED) is 0.767. The van der Waals surface area contributed by atoms with Crippen LogP contribution in [0, 0.1) is 0 Å². The zero-order valence-electron chi connectivity index (χ0n) is 8.80. The van der Waals surface area contributed by atoms with Crippen molar-refractivity contribution in [1.29, 1.82) is 0 Å². The van der Waals surface area contributed by atoms with Crippen molar-refractivity contribution < 1.29 is 0 Å². The minimum Gasteiger partial charge on any atom is -0.327 e. The normalized spacial score (nSPS) is 27.2. The van der Waals surface area contributed by atoms with Crippen LogP contribution in [0.2, 0.25) is 0 Å². The van der Waals surface area contributed by atoms with Gasteiger partial charge in [-0.3, -0.25) is 0 Å². The van der Waals surface area contributed by atoms with Gasteiger partial charge in [0.2, 0.25) is 0 Å². The van der Waals surface area contributed by atoms with Gasteiger partial charge in [0.1, 0.15) is 0 Å². The highest BCUT2D eigenvalue weighted by atomic mass is 79.9. The molecule has 1 atom stereocenters. The van der Waals surface area contributed by atoms with Gasteiger partial charge in [0, 0.05) is 15.9 Å². The molecule has 2 N–H and O–H groups in total. The molecule has 80 valence electrons. The van der Waals surface area contributed by atoms with E-state index in [1.807, 2.05) is 0 Å². The lowest BCUT2D eigenvalue weighted by Gasteiger charge is -2.50. The molecule has 1 nitrogen and oxygen atoms in total. The van der Waals surface area contributed by atoms with E-state index in [0.717, 1.165) is 12.8 Å². The van der Waals surface area contributed by atoms with Crippen LogP contribution in [-0.4, -0.2) is 6.04 Å². The molecule has 2 heteroatoms. The van der Waals surface area contributed by atoms with Crippen molar-refractivity contribution in [2.45, 2.75) is 43.6 Å². The Morgan fingerprint density at radius 1 is 1.33 bits per heavy atom. The Balaban J connectivity index is 2.12. The van der Waals surface area contributed by atoms with Crippen LogP contribution in [0.3, 0.4) is 0 Å². The maximum absolute atomic E-state index is 6.32. The van der Waals surface area contributed by atoms with Crippen LogP contribution in [0.5, 0.6) is 0 Å². The van der Waals surface area contributed by atoms with Crippen LogP contribution in [0.1, 0.15) is 36.8 Å². The molecule has 2 aliphatic carbocycles. The summed E-state index contributed by atoms with van der Waals surface area (Å²) in [6, 6.07) is 7.12. The van der Waals surface area contributed by atoms with E-state index >= 15 is 0 Å². The molecule has 1 fully saturated rings. The van der Waals surface area contributed by atoms with Gasteiger partial charge in [-0.1, -0.05) is 28.4 Å². The summed E-state index contributed by atoms with van der Waals surface area (Å²) in [5.41, 5.74) is 9.71. The Morgan fingerprint density at radius 2 is 2.13 bits per heavy atom.